The monoisotopic (exact) mass is 170 g/mol. The molecule has 0 bridgehead atoms. The second-order valence-electron chi connectivity index (χ2n) is 2.32. The molecule has 66 valence electrons. The van der Waals surface area contributed by atoms with Crippen molar-refractivity contribution < 1.29 is 17.6 Å². The van der Waals surface area contributed by atoms with E-state index >= 15 is 0 Å². The Kier molecular flexibility index (Phi) is 3.55. The highest BCUT2D eigenvalue weighted by Crippen LogP contribution is 2.25. The van der Waals surface area contributed by atoms with E-state index in [9.17, 15) is 17.6 Å². The summed E-state index contributed by atoms with van der Waals surface area (Å²) in [5.74, 6) is 0. The summed E-state index contributed by atoms with van der Waals surface area (Å²) >= 11 is 0. The van der Waals surface area contributed by atoms with Crippen molar-refractivity contribution in [2.45, 2.75) is 32.6 Å². The number of allylic oxidation sites excluding steroid dienone is 2. The predicted octanol–water partition coefficient (Wildman–Crippen LogP) is 3.24. The molecule has 0 saturated carbocycles. The molecule has 0 amide bonds. The number of halogens is 4. The van der Waals surface area contributed by atoms with Crippen molar-refractivity contribution in [2.75, 3.05) is 0 Å². The van der Waals surface area contributed by atoms with Gasteiger partial charge < -0.3 is 0 Å². The molecule has 0 rings (SSSR count). The topological polar surface area (TPSA) is 0 Å². The first-order valence-electron chi connectivity index (χ1n) is 3.20. The van der Waals surface area contributed by atoms with E-state index in [4.69, 9.17) is 0 Å². The lowest BCUT2D eigenvalue weighted by atomic mass is 10.1. The molecule has 0 nitrogen and oxygen atoms in total. The molecule has 0 aromatic heterocycles. The minimum absolute atomic E-state index is 0.127. The fourth-order valence-corrected chi connectivity index (χ4v) is 0.545. The van der Waals surface area contributed by atoms with Gasteiger partial charge in [0.05, 0.1) is 6.42 Å². The van der Waals surface area contributed by atoms with Gasteiger partial charge in [-0.1, -0.05) is 6.08 Å². The lowest BCUT2D eigenvalue weighted by Gasteiger charge is -2.10. The molecule has 1 unspecified atom stereocenters. The highest BCUT2D eigenvalue weighted by molar-refractivity contribution is 5.03. The van der Waals surface area contributed by atoms with E-state index in [0.29, 0.717) is 0 Å². The van der Waals surface area contributed by atoms with Crippen molar-refractivity contribution in [3.05, 3.63) is 11.6 Å². The Labute approximate surface area is 62.9 Å². The van der Waals surface area contributed by atoms with Crippen molar-refractivity contribution in [1.29, 1.82) is 0 Å². The zero-order chi connectivity index (χ0) is 9.07. The van der Waals surface area contributed by atoms with Crippen LogP contribution >= 0.6 is 0 Å². The van der Waals surface area contributed by atoms with Gasteiger partial charge in [-0.2, -0.15) is 13.2 Å². The zero-order valence-electron chi connectivity index (χ0n) is 6.37. The van der Waals surface area contributed by atoms with Crippen LogP contribution in [0.3, 0.4) is 0 Å². The Morgan fingerprint density at radius 3 is 2.18 bits per heavy atom. The van der Waals surface area contributed by atoms with Gasteiger partial charge in [0, 0.05) is 0 Å². The van der Waals surface area contributed by atoms with Crippen molar-refractivity contribution in [1.82, 2.24) is 0 Å². The molecule has 0 aliphatic carbocycles. The molecule has 4 heteroatoms. The Bertz CT molecular complexity index is 145. The van der Waals surface area contributed by atoms with Crippen molar-refractivity contribution in [3.8, 4) is 0 Å². The Hall–Kier alpha value is -0.540. The Morgan fingerprint density at radius 2 is 1.91 bits per heavy atom. The lowest BCUT2D eigenvalue weighted by Crippen LogP contribution is -2.16. The average molecular weight is 170 g/mol. The molecule has 0 aliphatic rings. The van der Waals surface area contributed by atoms with Crippen LogP contribution in [-0.2, 0) is 0 Å². The summed E-state index contributed by atoms with van der Waals surface area (Å²) in [5, 5.41) is 0. The van der Waals surface area contributed by atoms with Gasteiger partial charge in [-0.3, -0.25) is 0 Å². The third-order valence-electron chi connectivity index (χ3n) is 1.36. The lowest BCUT2D eigenvalue weighted by molar-refractivity contribution is -0.143. The van der Waals surface area contributed by atoms with Crippen LogP contribution in [0.5, 0.6) is 0 Å². The smallest absolute Gasteiger partial charge is 0.242 e. The Balaban J connectivity index is 3.98. The van der Waals surface area contributed by atoms with Crippen LogP contribution in [0.4, 0.5) is 17.6 Å². The molecule has 11 heavy (non-hydrogen) atoms. The number of alkyl halides is 4. The highest BCUT2D eigenvalue weighted by atomic mass is 19.4. The second-order valence-corrected chi connectivity index (χ2v) is 2.32. The van der Waals surface area contributed by atoms with Crippen LogP contribution in [0.2, 0.25) is 0 Å². The SMILES string of the molecule is CC=C(C)C(F)CC(F)(F)F. The molecule has 0 radical (unpaired) electrons. The van der Waals surface area contributed by atoms with Gasteiger partial charge in [0.2, 0.25) is 0 Å². The van der Waals surface area contributed by atoms with Gasteiger partial charge in [0.15, 0.2) is 0 Å². The van der Waals surface area contributed by atoms with Crippen molar-refractivity contribution in [2.24, 2.45) is 0 Å². The Morgan fingerprint density at radius 1 is 1.45 bits per heavy atom. The molecule has 1 atom stereocenters. The van der Waals surface area contributed by atoms with E-state index in [0.717, 1.165) is 0 Å². The summed E-state index contributed by atoms with van der Waals surface area (Å²) in [7, 11) is 0. The number of rotatable bonds is 2. The second kappa shape index (κ2) is 3.74. The molecular formula is C7H10F4. The van der Waals surface area contributed by atoms with Gasteiger partial charge >= 0.3 is 6.18 Å². The predicted molar refractivity (Wildman–Crippen MR) is 35.0 cm³/mol. The maximum absolute atomic E-state index is 12.5. The maximum atomic E-state index is 12.5. The molecule has 0 aromatic carbocycles. The molecule has 0 N–H and O–H groups in total. The van der Waals surface area contributed by atoms with Crippen molar-refractivity contribution >= 4 is 0 Å². The molecule has 0 fully saturated rings. The van der Waals surface area contributed by atoms with E-state index < -0.39 is 18.8 Å². The van der Waals surface area contributed by atoms with Crippen LogP contribution in [0.15, 0.2) is 11.6 Å². The third-order valence-corrected chi connectivity index (χ3v) is 1.36. The first-order chi connectivity index (χ1) is 4.87. The third kappa shape index (κ3) is 4.81. The first kappa shape index (κ1) is 10.5. The zero-order valence-corrected chi connectivity index (χ0v) is 6.37. The summed E-state index contributed by atoms with van der Waals surface area (Å²) < 4.78 is 47.1. The minimum Gasteiger partial charge on any atom is -0.242 e. The number of hydrogen-bond acceptors (Lipinski definition) is 0. The highest BCUT2D eigenvalue weighted by Gasteiger charge is 2.32. The van der Waals surface area contributed by atoms with Gasteiger partial charge in [-0.25, -0.2) is 4.39 Å². The average Bonchev–Trinajstić information content (AvgIpc) is 1.82. The molecule has 0 aliphatic heterocycles. The van der Waals surface area contributed by atoms with Gasteiger partial charge in [0.1, 0.15) is 6.17 Å². The summed E-state index contributed by atoms with van der Waals surface area (Å²) in [6, 6.07) is 0. The molecule has 0 saturated heterocycles. The van der Waals surface area contributed by atoms with Crippen LogP contribution in [-0.4, -0.2) is 12.3 Å². The van der Waals surface area contributed by atoms with Crippen LogP contribution in [0.25, 0.3) is 0 Å². The number of hydrogen-bond donors (Lipinski definition) is 0. The van der Waals surface area contributed by atoms with E-state index in [-0.39, 0.29) is 5.57 Å². The van der Waals surface area contributed by atoms with Crippen LogP contribution in [0, 0.1) is 0 Å². The fraction of sp³-hybridized carbons (Fsp3) is 0.714. The van der Waals surface area contributed by atoms with Crippen LogP contribution < -0.4 is 0 Å². The molecular weight excluding hydrogens is 160 g/mol. The van der Waals surface area contributed by atoms with Crippen molar-refractivity contribution in [3.63, 3.8) is 0 Å². The van der Waals surface area contributed by atoms with Gasteiger partial charge in [0.25, 0.3) is 0 Å². The van der Waals surface area contributed by atoms with Gasteiger partial charge in [-0.15, -0.1) is 0 Å². The van der Waals surface area contributed by atoms with E-state index in [2.05, 4.69) is 0 Å². The van der Waals surface area contributed by atoms with E-state index in [1.807, 2.05) is 0 Å². The standard InChI is InChI=1S/C7H10F4/c1-3-5(2)6(8)4-7(9,10)11/h3,6H,4H2,1-2H3. The van der Waals surface area contributed by atoms with Crippen LogP contribution in [0.1, 0.15) is 20.3 Å². The normalized spacial score (nSPS) is 16.7. The summed E-state index contributed by atoms with van der Waals surface area (Å²) in [6.07, 6.45) is -6.34. The summed E-state index contributed by atoms with van der Waals surface area (Å²) in [6.45, 7) is 2.86. The summed E-state index contributed by atoms with van der Waals surface area (Å²) in [5.41, 5.74) is 0.127. The quantitative estimate of drug-likeness (QED) is 0.440. The molecule has 0 aromatic rings. The largest absolute Gasteiger partial charge is 0.392 e. The molecule has 0 spiro atoms. The molecule has 0 heterocycles. The first-order valence-corrected chi connectivity index (χ1v) is 3.20. The maximum Gasteiger partial charge on any atom is 0.392 e. The fourth-order valence-electron chi connectivity index (χ4n) is 0.545. The van der Waals surface area contributed by atoms with E-state index in [1.54, 1.807) is 0 Å². The minimum atomic E-state index is -4.41. The van der Waals surface area contributed by atoms with E-state index in [1.165, 1.54) is 19.9 Å². The summed E-state index contributed by atoms with van der Waals surface area (Å²) in [4.78, 5) is 0. The van der Waals surface area contributed by atoms with Gasteiger partial charge in [-0.05, 0) is 19.4 Å².